The molecule has 1 nitrogen and oxygen atoms in total. The van der Waals surface area contributed by atoms with Crippen molar-refractivity contribution in [3.63, 3.8) is 0 Å². The van der Waals surface area contributed by atoms with E-state index in [4.69, 9.17) is 5.73 Å². The fourth-order valence-corrected chi connectivity index (χ4v) is 3.55. The van der Waals surface area contributed by atoms with Crippen molar-refractivity contribution >= 4 is 13.2 Å². The zero-order valence-corrected chi connectivity index (χ0v) is 9.35. The first kappa shape index (κ1) is 10.7. The van der Waals surface area contributed by atoms with Gasteiger partial charge >= 0.3 is 0 Å². The summed E-state index contributed by atoms with van der Waals surface area (Å²) < 4.78 is 0. The molecule has 72 valence electrons. The van der Waals surface area contributed by atoms with E-state index in [9.17, 15) is 0 Å². The summed E-state index contributed by atoms with van der Waals surface area (Å²) in [4.78, 5) is 0. The topological polar surface area (TPSA) is 26.0 Å². The van der Waals surface area contributed by atoms with Crippen LogP contribution in [0.3, 0.4) is 0 Å². The van der Waals surface area contributed by atoms with Crippen LogP contribution in [0.25, 0.3) is 0 Å². The maximum absolute atomic E-state index is 5.71. The Morgan fingerprint density at radius 1 is 1.15 bits per heavy atom. The van der Waals surface area contributed by atoms with Crippen LogP contribution < -0.4 is 11.0 Å². The first-order valence-electron chi connectivity index (χ1n) is 4.86. The summed E-state index contributed by atoms with van der Waals surface area (Å²) in [6.45, 7) is 5.21. The van der Waals surface area contributed by atoms with Gasteiger partial charge in [0.05, 0.1) is 0 Å². The van der Waals surface area contributed by atoms with Crippen LogP contribution in [0.15, 0.2) is 24.3 Å². The van der Waals surface area contributed by atoms with Crippen molar-refractivity contribution < 1.29 is 0 Å². The second kappa shape index (κ2) is 5.36. The molecule has 2 heteroatoms. The molecular weight excluding hydrogens is 177 g/mol. The quantitative estimate of drug-likeness (QED) is 0.733. The molecule has 0 aliphatic carbocycles. The third-order valence-corrected chi connectivity index (χ3v) is 4.96. The maximum Gasteiger partial charge on any atom is 0.0184 e. The molecule has 13 heavy (non-hydrogen) atoms. The Bertz CT molecular complexity index is 256. The Morgan fingerprint density at radius 2 is 1.77 bits per heavy atom. The Labute approximate surface area is 82.1 Å². The van der Waals surface area contributed by atoms with Gasteiger partial charge < -0.3 is 5.73 Å². The molecule has 0 aliphatic heterocycles. The van der Waals surface area contributed by atoms with Gasteiger partial charge in [0.1, 0.15) is 0 Å². The van der Waals surface area contributed by atoms with Gasteiger partial charge in [0.25, 0.3) is 0 Å². The predicted octanol–water partition coefficient (Wildman–Crippen LogP) is 2.29. The molecule has 0 saturated carbocycles. The second-order valence-electron chi connectivity index (χ2n) is 3.01. The van der Waals surface area contributed by atoms with E-state index >= 15 is 0 Å². The van der Waals surface area contributed by atoms with Crippen LogP contribution >= 0.6 is 7.92 Å². The van der Waals surface area contributed by atoms with E-state index in [0.29, 0.717) is 6.54 Å². The lowest BCUT2D eigenvalue weighted by atomic mass is 10.2. The lowest BCUT2D eigenvalue weighted by Crippen LogP contribution is -2.13. The minimum Gasteiger partial charge on any atom is -0.326 e. The van der Waals surface area contributed by atoms with E-state index in [0.717, 1.165) is 0 Å². The molecule has 0 spiro atoms. The highest BCUT2D eigenvalue weighted by Crippen LogP contribution is 2.34. The van der Waals surface area contributed by atoms with Gasteiger partial charge in [-0.05, 0) is 23.2 Å². The van der Waals surface area contributed by atoms with Crippen LogP contribution in [-0.4, -0.2) is 12.3 Å². The largest absolute Gasteiger partial charge is 0.326 e. The average Bonchev–Trinajstić information content (AvgIpc) is 2.20. The summed E-state index contributed by atoms with van der Waals surface area (Å²) in [6.07, 6.45) is 2.53. The lowest BCUT2D eigenvalue weighted by Gasteiger charge is -2.16. The van der Waals surface area contributed by atoms with Gasteiger partial charge in [-0.25, -0.2) is 0 Å². The van der Waals surface area contributed by atoms with Gasteiger partial charge in [-0.15, -0.1) is 0 Å². The van der Waals surface area contributed by atoms with E-state index in [2.05, 4.69) is 38.1 Å². The van der Waals surface area contributed by atoms with Crippen LogP contribution in [0, 0.1) is 0 Å². The van der Waals surface area contributed by atoms with Crippen molar-refractivity contribution in [3.8, 4) is 0 Å². The summed E-state index contributed by atoms with van der Waals surface area (Å²) in [5.74, 6) is 0. The van der Waals surface area contributed by atoms with Crippen molar-refractivity contribution in [2.45, 2.75) is 20.4 Å². The van der Waals surface area contributed by atoms with Crippen LogP contribution in [0.2, 0.25) is 0 Å². The fraction of sp³-hybridized carbons (Fsp3) is 0.455. The molecule has 0 bridgehead atoms. The smallest absolute Gasteiger partial charge is 0.0184 e. The molecule has 0 aliphatic rings. The Kier molecular flexibility index (Phi) is 4.41. The van der Waals surface area contributed by atoms with Crippen molar-refractivity contribution in [3.05, 3.63) is 29.8 Å². The van der Waals surface area contributed by atoms with E-state index in [-0.39, 0.29) is 7.92 Å². The molecule has 2 N–H and O–H groups in total. The summed E-state index contributed by atoms with van der Waals surface area (Å²) in [7, 11) is 0.0420. The van der Waals surface area contributed by atoms with Crippen LogP contribution in [0.5, 0.6) is 0 Å². The number of hydrogen-bond donors (Lipinski definition) is 1. The standard InChI is InChI=1S/C11H18NP/c1-3-13(4-2)11-8-6-5-7-10(11)9-12/h5-8H,3-4,9,12H2,1-2H3. The van der Waals surface area contributed by atoms with E-state index in [1.165, 1.54) is 23.2 Å². The number of nitrogens with two attached hydrogens (primary N) is 1. The Hall–Kier alpha value is -0.390. The minimum absolute atomic E-state index is 0.0420. The summed E-state index contributed by atoms with van der Waals surface area (Å²) >= 11 is 0. The zero-order valence-electron chi connectivity index (χ0n) is 8.46. The van der Waals surface area contributed by atoms with Crippen molar-refractivity contribution in [1.29, 1.82) is 0 Å². The number of rotatable bonds is 4. The minimum atomic E-state index is 0.0420. The first-order valence-corrected chi connectivity index (χ1v) is 6.57. The maximum atomic E-state index is 5.71. The second-order valence-corrected chi connectivity index (χ2v) is 5.83. The highest BCUT2D eigenvalue weighted by Gasteiger charge is 2.08. The average molecular weight is 195 g/mol. The van der Waals surface area contributed by atoms with Crippen molar-refractivity contribution in [2.75, 3.05) is 12.3 Å². The fourth-order valence-electron chi connectivity index (χ4n) is 1.56. The Balaban J connectivity index is 2.96. The third kappa shape index (κ3) is 2.52. The van der Waals surface area contributed by atoms with Gasteiger partial charge in [0.15, 0.2) is 0 Å². The van der Waals surface area contributed by atoms with Crippen LogP contribution in [0.4, 0.5) is 0 Å². The van der Waals surface area contributed by atoms with Gasteiger partial charge in [0, 0.05) is 6.54 Å². The Morgan fingerprint density at radius 3 is 2.31 bits per heavy atom. The SMILES string of the molecule is CCP(CC)c1ccccc1CN. The molecule has 0 heterocycles. The number of hydrogen-bond acceptors (Lipinski definition) is 1. The molecule has 0 aromatic heterocycles. The molecule has 0 unspecified atom stereocenters. The van der Waals surface area contributed by atoms with Crippen molar-refractivity contribution in [1.82, 2.24) is 0 Å². The molecule has 0 saturated heterocycles. The summed E-state index contributed by atoms with van der Waals surface area (Å²) in [5, 5.41) is 1.50. The van der Waals surface area contributed by atoms with Crippen molar-refractivity contribution in [2.24, 2.45) is 5.73 Å². The third-order valence-electron chi connectivity index (χ3n) is 2.32. The molecule has 0 atom stereocenters. The number of benzene rings is 1. The van der Waals surface area contributed by atoms with Gasteiger partial charge in [-0.2, -0.15) is 0 Å². The van der Waals surface area contributed by atoms with Crippen LogP contribution in [-0.2, 0) is 6.54 Å². The normalized spacial score (nSPS) is 10.8. The van der Waals surface area contributed by atoms with E-state index in [1.54, 1.807) is 0 Å². The molecule has 0 radical (unpaired) electrons. The monoisotopic (exact) mass is 195 g/mol. The van der Waals surface area contributed by atoms with Gasteiger partial charge in [0.2, 0.25) is 0 Å². The molecule has 1 aromatic carbocycles. The molecule has 0 fully saturated rings. The summed E-state index contributed by atoms with van der Waals surface area (Å²) in [6, 6.07) is 8.58. The van der Waals surface area contributed by atoms with E-state index < -0.39 is 0 Å². The van der Waals surface area contributed by atoms with Gasteiger partial charge in [-0.3, -0.25) is 0 Å². The van der Waals surface area contributed by atoms with Crippen LogP contribution in [0.1, 0.15) is 19.4 Å². The molecule has 1 rings (SSSR count). The molecule has 0 amide bonds. The predicted molar refractivity (Wildman–Crippen MR) is 62.0 cm³/mol. The zero-order chi connectivity index (χ0) is 9.68. The highest BCUT2D eigenvalue weighted by molar-refractivity contribution is 7.65. The molecular formula is C11H18NP. The first-order chi connectivity index (χ1) is 6.33. The van der Waals surface area contributed by atoms with Gasteiger partial charge in [-0.1, -0.05) is 46.0 Å². The highest BCUT2D eigenvalue weighted by atomic mass is 31.1. The molecule has 1 aromatic rings. The van der Waals surface area contributed by atoms with E-state index in [1.807, 2.05) is 0 Å². The summed E-state index contributed by atoms with van der Waals surface area (Å²) in [5.41, 5.74) is 7.04. The lowest BCUT2D eigenvalue weighted by molar-refractivity contribution is 1.08.